The normalized spacial score (nSPS) is 11.5. The molecule has 0 bridgehead atoms. The van der Waals surface area contributed by atoms with Crippen molar-refractivity contribution in [3.8, 4) is 5.75 Å². The monoisotopic (exact) mass is 287 g/mol. The van der Waals surface area contributed by atoms with E-state index in [1.165, 1.54) is 12.1 Å². The van der Waals surface area contributed by atoms with Gasteiger partial charge in [0.2, 0.25) is 10.0 Å². The van der Waals surface area contributed by atoms with Gasteiger partial charge in [0.05, 0.1) is 11.5 Å². The molecule has 0 spiro atoms. The molecular weight excluding hydrogens is 270 g/mol. The Morgan fingerprint density at radius 1 is 1.26 bits per heavy atom. The van der Waals surface area contributed by atoms with Gasteiger partial charge in [-0.2, -0.15) is 4.31 Å². The third-order valence-corrected chi connectivity index (χ3v) is 4.37. The first-order valence-electron chi connectivity index (χ1n) is 5.86. The molecule has 0 aromatic heterocycles. The number of aliphatic carboxylic acids is 1. The van der Waals surface area contributed by atoms with Gasteiger partial charge in [-0.15, -0.1) is 0 Å². The van der Waals surface area contributed by atoms with Crippen LogP contribution >= 0.6 is 0 Å². The molecule has 0 saturated heterocycles. The van der Waals surface area contributed by atoms with Crippen LogP contribution in [0.15, 0.2) is 29.2 Å². The van der Waals surface area contributed by atoms with E-state index in [2.05, 4.69) is 0 Å². The molecule has 1 N–H and O–H groups in total. The summed E-state index contributed by atoms with van der Waals surface area (Å²) >= 11 is 0. The molecule has 0 heterocycles. The number of ether oxygens (including phenoxy) is 1. The quantitative estimate of drug-likeness (QED) is 0.814. The third-order valence-electron chi connectivity index (χ3n) is 2.44. The van der Waals surface area contributed by atoms with Crippen molar-refractivity contribution in [2.24, 2.45) is 0 Å². The summed E-state index contributed by atoms with van der Waals surface area (Å²) in [5.74, 6) is -0.612. The van der Waals surface area contributed by atoms with Crippen molar-refractivity contribution < 1.29 is 23.1 Å². The van der Waals surface area contributed by atoms with Gasteiger partial charge >= 0.3 is 5.97 Å². The molecule has 0 aliphatic heterocycles. The van der Waals surface area contributed by atoms with E-state index in [1.54, 1.807) is 19.1 Å². The van der Waals surface area contributed by atoms with Crippen molar-refractivity contribution in [2.75, 3.05) is 19.7 Å². The fourth-order valence-electron chi connectivity index (χ4n) is 1.54. The van der Waals surface area contributed by atoms with E-state index >= 15 is 0 Å². The van der Waals surface area contributed by atoms with Gasteiger partial charge in [0.15, 0.2) is 0 Å². The molecule has 6 nitrogen and oxygen atoms in total. The van der Waals surface area contributed by atoms with Gasteiger partial charge in [-0.1, -0.05) is 6.92 Å². The van der Waals surface area contributed by atoms with Crippen LogP contribution in [0.3, 0.4) is 0 Å². The van der Waals surface area contributed by atoms with Crippen molar-refractivity contribution >= 4 is 16.0 Å². The zero-order chi connectivity index (χ0) is 14.5. The molecular formula is C12H17NO5S. The highest BCUT2D eigenvalue weighted by molar-refractivity contribution is 7.89. The Labute approximate surface area is 112 Å². The van der Waals surface area contributed by atoms with E-state index in [9.17, 15) is 13.2 Å². The molecule has 0 fully saturated rings. The lowest BCUT2D eigenvalue weighted by atomic mass is 10.3. The number of likely N-dealkylation sites (N-methyl/N-ethyl adjacent to an activating group) is 1. The van der Waals surface area contributed by atoms with Crippen molar-refractivity contribution in [1.82, 2.24) is 4.31 Å². The summed E-state index contributed by atoms with van der Waals surface area (Å²) in [5.41, 5.74) is 0. The molecule has 0 radical (unpaired) electrons. The smallest absolute Gasteiger partial charge is 0.318 e. The second-order valence-corrected chi connectivity index (χ2v) is 5.67. The Kier molecular flexibility index (Phi) is 5.31. The van der Waals surface area contributed by atoms with Crippen molar-refractivity contribution in [3.05, 3.63) is 24.3 Å². The van der Waals surface area contributed by atoms with Crippen LogP contribution in [0.5, 0.6) is 5.75 Å². The Morgan fingerprint density at radius 2 is 1.84 bits per heavy atom. The predicted molar refractivity (Wildman–Crippen MR) is 69.7 cm³/mol. The van der Waals surface area contributed by atoms with Gasteiger partial charge in [0.1, 0.15) is 12.3 Å². The molecule has 0 aliphatic carbocycles. The van der Waals surface area contributed by atoms with Crippen molar-refractivity contribution in [3.63, 3.8) is 0 Å². The highest BCUT2D eigenvalue weighted by atomic mass is 32.2. The molecule has 1 aromatic carbocycles. The van der Waals surface area contributed by atoms with Crippen LogP contribution < -0.4 is 4.74 Å². The summed E-state index contributed by atoms with van der Waals surface area (Å²) in [6.07, 6.45) is 0. The maximum absolute atomic E-state index is 12.2. The van der Waals surface area contributed by atoms with Gasteiger partial charge in [-0.25, -0.2) is 8.42 Å². The third kappa shape index (κ3) is 3.93. The maximum Gasteiger partial charge on any atom is 0.318 e. The SMILES string of the molecule is CCOc1ccc(S(=O)(=O)N(CC)CC(=O)O)cc1. The molecule has 0 unspecified atom stereocenters. The Morgan fingerprint density at radius 3 is 2.26 bits per heavy atom. The highest BCUT2D eigenvalue weighted by Gasteiger charge is 2.24. The molecule has 0 saturated carbocycles. The van der Waals surface area contributed by atoms with Crippen LogP contribution in [0.2, 0.25) is 0 Å². The van der Waals surface area contributed by atoms with Gasteiger partial charge in [0.25, 0.3) is 0 Å². The van der Waals surface area contributed by atoms with Gasteiger partial charge < -0.3 is 9.84 Å². The van der Waals surface area contributed by atoms with E-state index < -0.39 is 22.5 Å². The Balaban J connectivity index is 3.01. The summed E-state index contributed by atoms with van der Waals surface area (Å²) < 4.78 is 30.5. The number of carboxylic acids is 1. The van der Waals surface area contributed by atoms with Crippen LogP contribution in [-0.2, 0) is 14.8 Å². The van der Waals surface area contributed by atoms with Crippen LogP contribution in [-0.4, -0.2) is 43.5 Å². The molecule has 7 heteroatoms. The second-order valence-electron chi connectivity index (χ2n) is 3.73. The first-order chi connectivity index (χ1) is 8.91. The lowest BCUT2D eigenvalue weighted by Gasteiger charge is -2.18. The van der Waals surface area contributed by atoms with E-state index in [-0.39, 0.29) is 11.4 Å². The van der Waals surface area contributed by atoms with Crippen molar-refractivity contribution in [1.29, 1.82) is 0 Å². The molecule has 0 aliphatic rings. The van der Waals surface area contributed by atoms with Crippen molar-refractivity contribution in [2.45, 2.75) is 18.7 Å². The van der Waals surface area contributed by atoms with Crippen LogP contribution in [0, 0.1) is 0 Å². The molecule has 106 valence electrons. The lowest BCUT2D eigenvalue weighted by molar-refractivity contribution is -0.137. The average molecular weight is 287 g/mol. The zero-order valence-electron chi connectivity index (χ0n) is 10.9. The number of rotatable bonds is 7. The largest absolute Gasteiger partial charge is 0.494 e. The molecule has 1 aromatic rings. The minimum Gasteiger partial charge on any atom is -0.494 e. The number of carboxylic acid groups (broad SMARTS) is 1. The number of nitrogens with zero attached hydrogens (tertiary/aromatic N) is 1. The minimum absolute atomic E-state index is 0.0547. The van der Waals surface area contributed by atoms with E-state index in [0.29, 0.717) is 12.4 Å². The Bertz CT molecular complexity index is 524. The average Bonchev–Trinajstić information content (AvgIpc) is 2.36. The number of hydrogen-bond donors (Lipinski definition) is 1. The number of hydrogen-bond acceptors (Lipinski definition) is 4. The molecule has 0 atom stereocenters. The van der Waals surface area contributed by atoms with Gasteiger partial charge in [-0.05, 0) is 31.2 Å². The van der Waals surface area contributed by atoms with E-state index in [1.807, 2.05) is 6.92 Å². The van der Waals surface area contributed by atoms with Crippen LogP contribution in [0.25, 0.3) is 0 Å². The second kappa shape index (κ2) is 6.53. The topological polar surface area (TPSA) is 83.9 Å². The van der Waals surface area contributed by atoms with Gasteiger partial charge in [-0.3, -0.25) is 4.79 Å². The number of sulfonamides is 1. The first-order valence-corrected chi connectivity index (χ1v) is 7.30. The fourth-order valence-corrected chi connectivity index (χ4v) is 2.94. The molecule has 0 amide bonds. The zero-order valence-corrected chi connectivity index (χ0v) is 11.7. The van der Waals surface area contributed by atoms with Crippen LogP contribution in [0.1, 0.15) is 13.8 Å². The van der Waals surface area contributed by atoms with Crippen LogP contribution in [0.4, 0.5) is 0 Å². The summed E-state index contributed by atoms with van der Waals surface area (Å²) in [6, 6.07) is 5.91. The summed E-state index contributed by atoms with van der Waals surface area (Å²) in [5, 5.41) is 8.71. The highest BCUT2D eigenvalue weighted by Crippen LogP contribution is 2.19. The predicted octanol–water partition coefficient (Wildman–Crippen LogP) is 1.18. The van der Waals surface area contributed by atoms with E-state index in [4.69, 9.17) is 9.84 Å². The standard InChI is InChI=1S/C12H17NO5S/c1-3-13(9-12(14)15)19(16,17)11-7-5-10(6-8-11)18-4-2/h5-8H,3-4,9H2,1-2H3,(H,14,15). The number of carbonyl (C=O) groups is 1. The summed E-state index contributed by atoms with van der Waals surface area (Å²) in [7, 11) is -3.78. The fraction of sp³-hybridized carbons (Fsp3) is 0.417. The first kappa shape index (κ1) is 15.5. The summed E-state index contributed by atoms with van der Waals surface area (Å²) in [4.78, 5) is 10.7. The number of benzene rings is 1. The molecule has 19 heavy (non-hydrogen) atoms. The van der Waals surface area contributed by atoms with Gasteiger partial charge in [0, 0.05) is 6.54 Å². The molecule has 1 rings (SSSR count). The van der Waals surface area contributed by atoms with E-state index in [0.717, 1.165) is 4.31 Å². The summed E-state index contributed by atoms with van der Waals surface area (Å²) in [6.45, 7) is 3.46. The lowest BCUT2D eigenvalue weighted by Crippen LogP contribution is -2.35. The minimum atomic E-state index is -3.78. The Hall–Kier alpha value is -1.60. The maximum atomic E-state index is 12.2.